The number of aromatic nitrogens is 3. The summed E-state index contributed by atoms with van der Waals surface area (Å²) in [6.07, 6.45) is 0. The number of nitrogens with zero attached hydrogens (tertiary/aromatic N) is 2. The molecular weight excluding hydrogens is 381 g/mol. The van der Waals surface area contributed by atoms with Crippen LogP contribution in [0.25, 0.3) is 11.4 Å². The summed E-state index contributed by atoms with van der Waals surface area (Å²) >= 11 is 5.75. The Morgan fingerprint density at radius 3 is 2.75 bits per heavy atom. The van der Waals surface area contributed by atoms with E-state index in [9.17, 15) is 0 Å². The molecule has 0 aliphatic rings. The van der Waals surface area contributed by atoms with Crippen LogP contribution in [0.1, 0.15) is 25.6 Å². The summed E-state index contributed by atoms with van der Waals surface area (Å²) in [4.78, 5) is 4.49. The number of H-pyrrole nitrogens is 1. The lowest BCUT2D eigenvalue weighted by molar-refractivity contribution is 0.781. The van der Waals surface area contributed by atoms with E-state index in [0.29, 0.717) is 5.92 Å². The Hall–Kier alpha value is -0.430. The predicted octanol–water partition coefficient (Wildman–Crippen LogP) is 3.96. The van der Waals surface area contributed by atoms with E-state index in [1.165, 1.54) is 0 Å². The van der Waals surface area contributed by atoms with Crippen LogP contribution in [0, 0.1) is 3.57 Å². The number of hydrogen-bond donors (Lipinski definition) is 1. The lowest BCUT2D eigenvalue weighted by Crippen LogP contribution is -1.90. The van der Waals surface area contributed by atoms with E-state index in [0.717, 1.165) is 25.3 Å². The maximum absolute atomic E-state index is 4.49. The molecule has 0 bridgehead atoms. The van der Waals surface area contributed by atoms with Gasteiger partial charge in [0.25, 0.3) is 0 Å². The van der Waals surface area contributed by atoms with E-state index in [1.54, 1.807) is 0 Å². The molecule has 0 saturated heterocycles. The van der Waals surface area contributed by atoms with Crippen molar-refractivity contribution < 1.29 is 0 Å². The molecule has 1 N–H and O–H groups in total. The highest BCUT2D eigenvalue weighted by Gasteiger charge is 2.11. The number of nitrogens with one attached hydrogen (secondary N) is 1. The Balaban J connectivity index is 2.46. The highest BCUT2D eigenvalue weighted by Crippen LogP contribution is 2.26. The van der Waals surface area contributed by atoms with Crippen molar-refractivity contribution in [1.82, 2.24) is 15.2 Å². The molecule has 0 aliphatic carbocycles. The second-order valence-corrected chi connectivity index (χ2v) is 5.90. The third kappa shape index (κ3) is 2.45. The summed E-state index contributed by atoms with van der Waals surface area (Å²) < 4.78 is 2.19. The van der Waals surface area contributed by atoms with Gasteiger partial charge in [-0.2, -0.15) is 5.10 Å². The molecule has 16 heavy (non-hydrogen) atoms. The molecule has 0 radical (unpaired) electrons. The highest BCUT2D eigenvalue weighted by atomic mass is 127. The van der Waals surface area contributed by atoms with Crippen LogP contribution in [-0.4, -0.2) is 15.2 Å². The fraction of sp³-hybridized carbons (Fsp3) is 0.273. The molecule has 1 aromatic heterocycles. The van der Waals surface area contributed by atoms with Crippen molar-refractivity contribution in [3.63, 3.8) is 0 Å². The largest absolute Gasteiger partial charge is 0.262 e. The summed E-state index contributed by atoms with van der Waals surface area (Å²) in [6.45, 7) is 4.19. The van der Waals surface area contributed by atoms with E-state index >= 15 is 0 Å². The minimum atomic E-state index is 0.367. The van der Waals surface area contributed by atoms with E-state index in [-0.39, 0.29) is 0 Å². The lowest BCUT2D eigenvalue weighted by atomic mass is 10.2. The van der Waals surface area contributed by atoms with Crippen molar-refractivity contribution in [1.29, 1.82) is 0 Å². The first-order valence-corrected chi connectivity index (χ1v) is 6.83. The number of aromatic amines is 1. The molecule has 3 nitrogen and oxygen atoms in total. The zero-order valence-electron chi connectivity index (χ0n) is 8.96. The third-order valence-corrected chi connectivity index (χ3v) is 3.65. The average molecular weight is 392 g/mol. The molecule has 2 aromatic rings. The Morgan fingerprint density at radius 1 is 1.38 bits per heavy atom. The van der Waals surface area contributed by atoms with Crippen molar-refractivity contribution in [2.24, 2.45) is 0 Å². The summed E-state index contributed by atoms with van der Waals surface area (Å²) in [7, 11) is 0. The summed E-state index contributed by atoms with van der Waals surface area (Å²) in [5.74, 6) is 2.05. The van der Waals surface area contributed by atoms with E-state index in [2.05, 4.69) is 67.5 Å². The van der Waals surface area contributed by atoms with Crippen molar-refractivity contribution >= 4 is 38.5 Å². The van der Waals surface area contributed by atoms with Crippen LogP contribution in [0.4, 0.5) is 0 Å². The second-order valence-electron chi connectivity index (χ2n) is 3.82. The van der Waals surface area contributed by atoms with Gasteiger partial charge < -0.3 is 0 Å². The maximum Gasteiger partial charge on any atom is 0.182 e. The first kappa shape index (κ1) is 12.0. The van der Waals surface area contributed by atoms with Gasteiger partial charge in [0, 0.05) is 19.5 Å². The van der Waals surface area contributed by atoms with Crippen LogP contribution in [-0.2, 0) is 0 Å². The topological polar surface area (TPSA) is 41.6 Å². The average Bonchev–Trinajstić information content (AvgIpc) is 2.70. The van der Waals surface area contributed by atoms with Gasteiger partial charge in [0.15, 0.2) is 5.82 Å². The minimum Gasteiger partial charge on any atom is -0.262 e. The van der Waals surface area contributed by atoms with Crippen LogP contribution in [0.5, 0.6) is 0 Å². The Morgan fingerprint density at radius 2 is 2.12 bits per heavy atom. The molecule has 5 heteroatoms. The summed E-state index contributed by atoms with van der Waals surface area (Å²) in [5, 5.41) is 7.22. The summed E-state index contributed by atoms with van der Waals surface area (Å²) in [5.41, 5.74) is 1.05. The normalized spacial score (nSPS) is 11.1. The molecule has 84 valence electrons. The van der Waals surface area contributed by atoms with Crippen molar-refractivity contribution in [2.75, 3.05) is 0 Å². The minimum absolute atomic E-state index is 0.367. The second kappa shape index (κ2) is 4.83. The Bertz CT molecular complexity index is 508. The molecular formula is C11H11BrIN3. The van der Waals surface area contributed by atoms with E-state index in [1.807, 2.05) is 18.2 Å². The van der Waals surface area contributed by atoms with Gasteiger partial charge in [-0.1, -0.05) is 29.8 Å². The zero-order chi connectivity index (χ0) is 11.7. The third-order valence-electron chi connectivity index (χ3n) is 2.22. The molecule has 1 heterocycles. The van der Waals surface area contributed by atoms with Gasteiger partial charge in [0.05, 0.1) is 0 Å². The first-order valence-electron chi connectivity index (χ1n) is 4.95. The molecule has 0 unspecified atom stereocenters. The monoisotopic (exact) mass is 391 g/mol. The quantitative estimate of drug-likeness (QED) is 0.787. The number of rotatable bonds is 2. The van der Waals surface area contributed by atoms with Gasteiger partial charge in [-0.25, -0.2) is 4.98 Å². The number of hydrogen-bond acceptors (Lipinski definition) is 2. The van der Waals surface area contributed by atoms with Crippen LogP contribution >= 0.6 is 38.5 Å². The van der Waals surface area contributed by atoms with Gasteiger partial charge in [-0.3, -0.25) is 5.10 Å². The molecule has 0 amide bonds. The maximum atomic E-state index is 4.49. The van der Waals surface area contributed by atoms with Gasteiger partial charge in [-0.05, 0) is 40.8 Å². The Labute approximate surface area is 116 Å². The molecule has 0 spiro atoms. The van der Waals surface area contributed by atoms with Crippen LogP contribution in [0.15, 0.2) is 22.7 Å². The summed E-state index contributed by atoms with van der Waals surface area (Å²) in [6, 6.07) is 6.10. The number of benzene rings is 1. The van der Waals surface area contributed by atoms with Gasteiger partial charge in [0.1, 0.15) is 5.82 Å². The van der Waals surface area contributed by atoms with Crippen molar-refractivity contribution in [3.05, 3.63) is 32.1 Å². The van der Waals surface area contributed by atoms with Crippen LogP contribution in [0.2, 0.25) is 0 Å². The van der Waals surface area contributed by atoms with Gasteiger partial charge >= 0.3 is 0 Å². The molecule has 0 saturated carbocycles. The van der Waals surface area contributed by atoms with Crippen LogP contribution < -0.4 is 0 Å². The fourth-order valence-electron chi connectivity index (χ4n) is 1.32. The van der Waals surface area contributed by atoms with E-state index < -0.39 is 0 Å². The van der Waals surface area contributed by atoms with Gasteiger partial charge in [-0.15, -0.1) is 0 Å². The Kier molecular flexibility index (Phi) is 3.63. The highest BCUT2D eigenvalue weighted by molar-refractivity contribution is 14.1. The molecule has 0 aliphatic heterocycles. The van der Waals surface area contributed by atoms with Crippen molar-refractivity contribution in [2.45, 2.75) is 19.8 Å². The SMILES string of the molecule is CC(C)c1nc(-c2cc(Br)ccc2I)n[nH]1. The molecule has 0 fully saturated rings. The standard InChI is InChI=1S/C11H11BrIN3/c1-6(2)10-14-11(16-15-10)8-5-7(12)3-4-9(8)13/h3-6H,1-2H3,(H,14,15,16). The molecule has 1 aromatic carbocycles. The first-order chi connectivity index (χ1) is 7.58. The zero-order valence-corrected chi connectivity index (χ0v) is 12.7. The molecule has 2 rings (SSSR count). The smallest absolute Gasteiger partial charge is 0.182 e. The predicted molar refractivity (Wildman–Crippen MR) is 76.3 cm³/mol. The lowest BCUT2D eigenvalue weighted by Gasteiger charge is -2.00. The van der Waals surface area contributed by atoms with E-state index in [4.69, 9.17) is 0 Å². The van der Waals surface area contributed by atoms with Crippen molar-refractivity contribution in [3.8, 4) is 11.4 Å². The van der Waals surface area contributed by atoms with Gasteiger partial charge in [0.2, 0.25) is 0 Å². The number of halogens is 2. The fourth-order valence-corrected chi connectivity index (χ4v) is 2.26. The molecule has 0 atom stereocenters. The van der Waals surface area contributed by atoms with Crippen LogP contribution in [0.3, 0.4) is 0 Å².